The summed E-state index contributed by atoms with van der Waals surface area (Å²) in [5, 5.41) is 116. The fourth-order valence-electron chi connectivity index (χ4n) is 13.2. The van der Waals surface area contributed by atoms with E-state index < -0.39 is 97.7 Å². The Balaban J connectivity index is 1.30. The monoisotopic (exact) mass is 816 g/mol. The first kappa shape index (κ1) is 45.7. The summed E-state index contributed by atoms with van der Waals surface area (Å²) in [5.74, 6) is 0.131. The van der Waals surface area contributed by atoms with Gasteiger partial charge in [0.1, 0.15) is 48.8 Å². The molecule has 0 amide bonds. The van der Waals surface area contributed by atoms with Crippen molar-refractivity contribution in [2.45, 2.75) is 172 Å². The van der Waals surface area contributed by atoms with Crippen LogP contribution in [0.15, 0.2) is 11.6 Å². The molecule has 330 valence electrons. The van der Waals surface area contributed by atoms with E-state index in [9.17, 15) is 56.2 Å². The average Bonchev–Trinajstić information content (AvgIpc) is 3.19. The van der Waals surface area contributed by atoms with Crippen LogP contribution in [0.1, 0.15) is 98.8 Å². The molecule has 0 bridgehead atoms. The molecular formula is C42H72O15. The molecule has 2 unspecified atom stereocenters. The van der Waals surface area contributed by atoms with Crippen molar-refractivity contribution in [2.75, 3.05) is 33.0 Å². The van der Waals surface area contributed by atoms with Gasteiger partial charge in [0.05, 0.1) is 45.2 Å². The highest BCUT2D eigenvalue weighted by Gasteiger charge is 2.70. The largest absolute Gasteiger partial charge is 0.396 e. The molecule has 15 heteroatoms. The number of aliphatic hydroxyl groups is 11. The maximum Gasteiger partial charge on any atom is 0.186 e. The van der Waals surface area contributed by atoms with Crippen LogP contribution in [0.5, 0.6) is 0 Å². The zero-order valence-electron chi connectivity index (χ0n) is 34.4. The van der Waals surface area contributed by atoms with Crippen molar-refractivity contribution in [3.05, 3.63) is 11.6 Å². The third-order valence-corrected chi connectivity index (χ3v) is 17.1. The van der Waals surface area contributed by atoms with Crippen LogP contribution in [0.3, 0.4) is 0 Å². The summed E-state index contributed by atoms with van der Waals surface area (Å²) in [5.41, 5.74) is -1.31. The minimum Gasteiger partial charge on any atom is -0.396 e. The fourth-order valence-corrected chi connectivity index (χ4v) is 13.2. The Hall–Kier alpha value is -0.860. The predicted octanol–water partition coefficient (Wildman–Crippen LogP) is 0.0954. The second kappa shape index (κ2) is 17.1. The van der Waals surface area contributed by atoms with Gasteiger partial charge >= 0.3 is 0 Å². The highest BCUT2D eigenvalue weighted by molar-refractivity contribution is 5.19. The molecule has 2 saturated heterocycles. The zero-order valence-corrected chi connectivity index (χ0v) is 34.4. The second-order valence-corrected chi connectivity index (χ2v) is 19.8. The van der Waals surface area contributed by atoms with Gasteiger partial charge in [-0.05, 0) is 105 Å². The molecule has 4 aliphatic carbocycles. The third kappa shape index (κ3) is 7.49. The van der Waals surface area contributed by atoms with Gasteiger partial charge < -0.3 is 75.1 Å². The maximum absolute atomic E-state index is 12.2. The molecule has 4 saturated carbocycles. The first-order valence-corrected chi connectivity index (χ1v) is 21.3. The van der Waals surface area contributed by atoms with Crippen LogP contribution in [0.4, 0.5) is 0 Å². The Kier molecular flexibility index (Phi) is 13.7. The maximum atomic E-state index is 12.2. The lowest BCUT2D eigenvalue weighted by atomic mass is 9.33. The van der Waals surface area contributed by atoms with Gasteiger partial charge in [0.25, 0.3) is 0 Å². The normalized spacial score (nSPS) is 53.1. The van der Waals surface area contributed by atoms with Crippen molar-refractivity contribution < 1.29 is 75.1 Å². The minimum atomic E-state index is -1.63. The van der Waals surface area contributed by atoms with Gasteiger partial charge in [-0.15, -0.1) is 0 Å². The van der Waals surface area contributed by atoms with Gasteiger partial charge in [-0.25, -0.2) is 0 Å². The zero-order chi connectivity index (χ0) is 41.9. The molecule has 0 spiro atoms. The van der Waals surface area contributed by atoms with Crippen LogP contribution in [0.25, 0.3) is 0 Å². The summed E-state index contributed by atoms with van der Waals surface area (Å²) in [6.45, 7) is 9.55. The Morgan fingerprint density at radius 3 is 1.88 bits per heavy atom. The first-order chi connectivity index (χ1) is 26.8. The highest BCUT2D eigenvalue weighted by atomic mass is 16.7. The van der Waals surface area contributed by atoms with Crippen LogP contribution in [0.2, 0.25) is 0 Å². The summed E-state index contributed by atoms with van der Waals surface area (Å²) < 4.78 is 24.5. The number of allylic oxidation sites excluding steroid dienone is 1. The SMILES string of the molecule is C/C(=C/CC[C@]1(CO)CC[C@]2(C)[C@H](CCC3[C@@]4(C)CC[C@H](O[C@@H]5O[C@H](CO)[C@@H](O)[C@H](O)[C@H]5O)[C@@](C)(CO[C@@H]5O[C@H](CO)[C@@H](O)[C@H](O)[C@H]5O)C4CC[C@]32C)[C@H]1O)CO. The van der Waals surface area contributed by atoms with E-state index >= 15 is 0 Å². The van der Waals surface area contributed by atoms with Gasteiger partial charge in [0.2, 0.25) is 0 Å². The van der Waals surface area contributed by atoms with E-state index in [1.54, 1.807) is 0 Å². The van der Waals surface area contributed by atoms with Crippen molar-refractivity contribution in [2.24, 2.45) is 44.8 Å². The number of aliphatic hydroxyl groups excluding tert-OH is 11. The highest BCUT2D eigenvalue weighted by Crippen LogP contribution is 2.75. The molecule has 0 aromatic carbocycles. The van der Waals surface area contributed by atoms with E-state index in [2.05, 4.69) is 20.8 Å². The van der Waals surface area contributed by atoms with Gasteiger partial charge in [-0.1, -0.05) is 39.3 Å². The topological polar surface area (TPSA) is 259 Å². The average molecular weight is 817 g/mol. The van der Waals surface area contributed by atoms with E-state index in [1.165, 1.54) is 0 Å². The summed E-state index contributed by atoms with van der Waals surface area (Å²) in [7, 11) is 0. The lowest BCUT2D eigenvalue weighted by Crippen LogP contribution is -2.69. The second-order valence-electron chi connectivity index (χ2n) is 19.8. The quantitative estimate of drug-likeness (QED) is 0.0922. The summed E-state index contributed by atoms with van der Waals surface area (Å²) in [6.07, 6.45) is -6.78. The molecule has 2 heterocycles. The van der Waals surface area contributed by atoms with Gasteiger partial charge in [0.15, 0.2) is 12.6 Å². The van der Waals surface area contributed by atoms with Crippen molar-refractivity contribution in [3.63, 3.8) is 0 Å². The summed E-state index contributed by atoms with van der Waals surface area (Å²) in [4.78, 5) is 0. The number of hydrogen-bond acceptors (Lipinski definition) is 15. The molecule has 0 aromatic rings. The molecule has 2 aliphatic heterocycles. The smallest absolute Gasteiger partial charge is 0.186 e. The van der Waals surface area contributed by atoms with Crippen molar-refractivity contribution in [1.29, 1.82) is 0 Å². The van der Waals surface area contributed by atoms with Gasteiger partial charge in [0, 0.05) is 10.8 Å². The summed E-state index contributed by atoms with van der Waals surface area (Å²) in [6, 6.07) is 0. The lowest BCUT2D eigenvalue weighted by Gasteiger charge is -2.72. The van der Waals surface area contributed by atoms with E-state index in [0.717, 1.165) is 44.1 Å². The number of rotatable bonds is 12. The van der Waals surface area contributed by atoms with Crippen molar-refractivity contribution in [3.8, 4) is 0 Å². The molecule has 0 aromatic heterocycles. The molecular weight excluding hydrogens is 744 g/mol. The van der Waals surface area contributed by atoms with Crippen LogP contribution < -0.4 is 0 Å². The molecule has 15 nitrogen and oxygen atoms in total. The van der Waals surface area contributed by atoms with Gasteiger partial charge in [-0.2, -0.15) is 0 Å². The van der Waals surface area contributed by atoms with Gasteiger partial charge in [-0.3, -0.25) is 0 Å². The Morgan fingerprint density at radius 2 is 1.28 bits per heavy atom. The van der Waals surface area contributed by atoms with E-state index in [0.29, 0.717) is 25.7 Å². The molecule has 6 aliphatic rings. The number of fused-ring (bicyclic) bond motifs is 5. The van der Waals surface area contributed by atoms with Crippen LogP contribution in [-0.4, -0.2) is 163 Å². The molecule has 6 fully saturated rings. The van der Waals surface area contributed by atoms with Crippen molar-refractivity contribution in [1.82, 2.24) is 0 Å². The van der Waals surface area contributed by atoms with E-state index in [4.69, 9.17) is 18.9 Å². The molecule has 11 N–H and O–H groups in total. The molecule has 57 heavy (non-hydrogen) atoms. The van der Waals surface area contributed by atoms with E-state index in [1.807, 2.05) is 19.9 Å². The Labute approximate surface area is 336 Å². The summed E-state index contributed by atoms with van der Waals surface area (Å²) >= 11 is 0. The van der Waals surface area contributed by atoms with Crippen LogP contribution in [0, 0.1) is 44.8 Å². The molecule has 20 atom stereocenters. The number of ether oxygens (including phenoxy) is 4. The van der Waals surface area contributed by atoms with Crippen molar-refractivity contribution >= 4 is 0 Å². The third-order valence-electron chi connectivity index (χ3n) is 17.1. The molecule has 0 radical (unpaired) electrons. The molecule has 6 rings (SSSR count). The predicted molar refractivity (Wildman–Crippen MR) is 204 cm³/mol. The Morgan fingerprint density at radius 1 is 0.667 bits per heavy atom. The number of hydrogen-bond donors (Lipinski definition) is 11. The minimum absolute atomic E-state index is 0.0190. The fraction of sp³-hybridized carbons (Fsp3) is 0.952. The van der Waals surface area contributed by atoms with E-state index in [-0.39, 0.29) is 53.8 Å². The van der Waals surface area contributed by atoms with Crippen LogP contribution >= 0.6 is 0 Å². The lowest BCUT2D eigenvalue weighted by molar-refractivity contribution is -0.346. The first-order valence-electron chi connectivity index (χ1n) is 21.3. The van der Waals surface area contributed by atoms with Crippen LogP contribution in [-0.2, 0) is 18.9 Å². The Bertz CT molecular complexity index is 1400. The standard InChI is InChI=1S/C42H72O15/c1-22(17-43)7-6-12-42(20-46)16-15-40(4)23(35(42)53)8-9-27-38(2)13-11-28(57-37-34(52)32(50)30(48)25(19-45)56-37)39(3,26(38)10-14-41(27,40)5)21-54-36-33(51)31(49)29(47)24(18-44)55-36/h7,23-37,43-53H,6,8-21H2,1-5H3/b22-7-/t23-,24-,25-,26?,27?,28+,29-,30-,31+,32+,33-,34-,35-,36-,37+,38+,39+,40-,41-,42-/m1/s1.